The van der Waals surface area contributed by atoms with E-state index in [0.29, 0.717) is 13.0 Å². The van der Waals surface area contributed by atoms with Crippen molar-refractivity contribution in [3.63, 3.8) is 0 Å². The van der Waals surface area contributed by atoms with Gasteiger partial charge >= 0.3 is 0 Å². The number of nitrogens with zero attached hydrogens (tertiary/aromatic N) is 2. The van der Waals surface area contributed by atoms with Gasteiger partial charge in [-0.15, -0.1) is 0 Å². The lowest BCUT2D eigenvalue weighted by atomic mass is 9.84. The first kappa shape index (κ1) is 17.3. The van der Waals surface area contributed by atoms with Gasteiger partial charge in [-0.3, -0.25) is 9.63 Å². The maximum Gasteiger partial charge on any atom is 0.263 e. The third-order valence-corrected chi connectivity index (χ3v) is 5.32. The van der Waals surface area contributed by atoms with Crippen molar-refractivity contribution in [3.05, 3.63) is 65.7 Å². The molecule has 2 aliphatic heterocycles. The molecule has 0 bridgehead atoms. The summed E-state index contributed by atoms with van der Waals surface area (Å²) in [7, 11) is 0. The molecule has 2 saturated heterocycles. The molecule has 0 N–H and O–H groups in total. The van der Waals surface area contributed by atoms with E-state index in [-0.39, 0.29) is 17.5 Å². The smallest absolute Gasteiger partial charge is 0.263 e. The van der Waals surface area contributed by atoms with Gasteiger partial charge in [0.2, 0.25) is 0 Å². The molecule has 4 rings (SSSR count). The van der Waals surface area contributed by atoms with Gasteiger partial charge in [0.25, 0.3) is 5.91 Å². The maximum absolute atomic E-state index is 13.1. The normalized spacial score (nSPS) is 26.4. The number of β-lactam (4-membered cyclic amide) rings is 1. The molecule has 0 radical (unpaired) electrons. The molecule has 2 aromatic rings. The lowest BCUT2D eigenvalue weighted by Gasteiger charge is -2.46. The molecular formula is C22H26N2O2. The van der Waals surface area contributed by atoms with Gasteiger partial charge in [-0.1, -0.05) is 48.0 Å². The molecule has 4 nitrogen and oxygen atoms in total. The molecular weight excluding hydrogens is 324 g/mol. The fourth-order valence-electron chi connectivity index (χ4n) is 3.92. The van der Waals surface area contributed by atoms with Crippen molar-refractivity contribution >= 4 is 11.6 Å². The van der Waals surface area contributed by atoms with Crippen LogP contribution < -0.4 is 4.90 Å². The summed E-state index contributed by atoms with van der Waals surface area (Å²) in [5.41, 5.74) is 2.41. The van der Waals surface area contributed by atoms with E-state index in [9.17, 15) is 4.79 Å². The highest BCUT2D eigenvalue weighted by Crippen LogP contribution is 2.49. The molecule has 0 unspecified atom stereocenters. The number of aryl methyl sites for hydroxylation is 1. The molecule has 136 valence electrons. The van der Waals surface area contributed by atoms with Gasteiger partial charge in [-0.25, -0.2) is 0 Å². The van der Waals surface area contributed by atoms with E-state index < -0.39 is 5.60 Å². The number of benzene rings is 2. The molecule has 26 heavy (non-hydrogen) atoms. The highest BCUT2D eigenvalue weighted by Gasteiger charge is 2.62. The predicted molar refractivity (Wildman–Crippen MR) is 103 cm³/mol. The van der Waals surface area contributed by atoms with Gasteiger partial charge in [-0.05, 0) is 45.4 Å². The first-order valence-corrected chi connectivity index (χ1v) is 9.22. The number of hydrogen-bond donors (Lipinski definition) is 0. The summed E-state index contributed by atoms with van der Waals surface area (Å²) in [5.74, 6) is 0.0639. The Morgan fingerprint density at radius 2 is 1.69 bits per heavy atom. The number of hydroxylamine groups is 2. The van der Waals surface area contributed by atoms with Gasteiger partial charge in [0.05, 0.1) is 12.6 Å². The van der Waals surface area contributed by atoms with Crippen molar-refractivity contribution in [2.45, 2.75) is 51.3 Å². The molecule has 0 aromatic heterocycles. The first-order chi connectivity index (χ1) is 12.3. The van der Waals surface area contributed by atoms with Crippen molar-refractivity contribution in [3.8, 4) is 0 Å². The quantitative estimate of drug-likeness (QED) is 0.759. The molecule has 2 heterocycles. The predicted octanol–water partition coefficient (Wildman–Crippen LogP) is 4.26. The Balaban J connectivity index is 1.61. The minimum Gasteiger partial charge on any atom is -0.306 e. The van der Waals surface area contributed by atoms with Crippen LogP contribution in [0.3, 0.4) is 0 Å². The van der Waals surface area contributed by atoms with Gasteiger partial charge in [-0.2, -0.15) is 5.06 Å². The van der Waals surface area contributed by atoms with Crippen LogP contribution in [0.4, 0.5) is 5.69 Å². The van der Waals surface area contributed by atoms with Crippen molar-refractivity contribution in [2.75, 3.05) is 11.4 Å². The van der Waals surface area contributed by atoms with E-state index in [4.69, 9.17) is 4.84 Å². The Hall–Kier alpha value is -2.17. The van der Waals surface area contributed by atoms with Gasteiger partial charge in [0, 0.05) is 17.6 Å². The van der Waals surface area contributed by atoms with Crippen LogP contribution >= 0.6 is 0 Å². The monoisotopic (exact) mass is 350 g/mol. The van der Waals surface area contributed by atoms with Crippen LogP contribution in [-0.4, -0.2) is 28.7 Å². The second-order valence-electron chi connectivity index (χ2n) is 8.44. The number of carbonyl (C=O) groups is 1. The Morgan fingerprint density at radius 3 is 2.27 bits per heavy atom. The van der Waals surface area contributed by atoms with Crippen LogP contribution in [0.1, 0.15) is 44.4 Å². The average Bonchev–Trinajstić information content (AvgIpc) is 3.05. The molecule has 2 fully saturated rings. The van der Waals surface area contributed by atoms with Gasteiger partial charge < -0.3 is 4.90 Å². The van der Waals surface area contributed by atoms with E-state index in [2.05, 4.69) is 39.8 Å². The summed E-state index contributed by atoms with van der Waals surface area (Å²) in [5, 5.41) is 2.02. The van der Waals surface area contributed by atoms with E-state index in [1.54, 1.807) is 0 Å². The standard InChI is InChI=1S/C22H26N2O2/c1-16-10-12-18(13-11-16)23-15-22(20(23)25)14-19(17-8-6-5-7-9-17)24(26-22)21(2,3)4/h5-13,19H,14-15H2,1-4H3/t19-,22+/m1/s1. The zero-order valence-electron chi connectivity index (χ0n) is 15.9. The van der Waals surface area contributed by atoms with Crippen LogP contribution in [0.5, 0.6) is 0 Å². The van der Waals surface area contributed by atoms with E-state index in [1.807, 2.05) is 52.4 Å². The molecule has 4 heteroatoms. The lowest BCUT2D eigenvalue weighted by Crippen LogP contribution is -2.67. The molecule has 1 spiro atoms. The summed E-state index contributed by atoms with van der Waals surface area (Å²) in [6, 6.07) is 18.5. The van der Waals surface area contributed by atoms with E-state index in [1.165, 1.54) is 11.1 Å². The minimum atomic E-state index is -0.737. The highest BCUT2D eigenvalue weighted by atomic mass is 16.7. The summed E-state index contributed by atoms with van der Waals surface area (Å²) in [4.78, 5) is 21.3. The van der Waals surface area contributed by atoms with Crippen LogP contribution in [0, 0.1) is 6.92 Å². The van der Waals surface area contributed by atoms with Crippen molar-refractivity contribution < 1.29 is 9.63 Å². The molecule has 0 saturated carbocycles. The van der Waals surface area contributed by atoms with Crippen LogP contribution in [0.15, 0.2) is 54.6 Å². The summed E-state index contributed by atoms with van der Waals surface area (Å²) in [6.07, 6.45) is 0.690. The fourth-order valence-corrected chi connectivity index (χ4v) is 3.92. The van der Waals surface area contributed by atoms with Crippen LogP contribution in [0.2, 0.25) is 0 Å². The topological polar surface area (TPSA) is 32.8 Å². The second kappa shape index (κ2) is 5.93. The number of carbonyl (C=O) groups excluding carboxylic acids is 1. The van der Waals surface area contributed by atoms with Crippen molar-refractivity contribution in [1.82, 2.24) is 5.06 Å². The molecule has 2 aromatic carbocycles. The van der Waals surface area contributed by atoms with E-state index in [0.717, 1.165) is 5.69 Å². The Morgan fingerprint density at radius 1 is 1.04 bits per heavy atom. The number of rotatable bonds is 2. The Labute approximate surface area is 155 Å². The molecule has 2 aliphatic rings. The van der Waals surface area contributed by atoms with Crippen molar-refractivity contribution in [2.24, 2.45) is 0 Å². The maximum atomic E-state index is 13.1. The van der Waals surface area contributed by atoms with E-state index >= 15 is 0 Å². The van der Waals surface area contributed by atoms with Crippen LogP contribution in [-0.2, 0) is 9.63 Å². The van der Waals surface area contributed by atoms with Crippen molar-refractivity contribution in [1.29, 1.82) is 0 Å². The molecule has 1 amide bonds. The third-order valence-electron chi connectivity index (χ3n) is 5.32. The molecule has 0 aliphatic carbocycles. The zero-order chi connectivity index (χ0) is 18.5. The Kier molecular flexibility index (Phi) is 3.94. The molecule has 2 atom stereocenters. The van der Waals surface area contributed by atoms with Gasteiger partial charge in [0.1, 0.15) is 0 Å². The zero-order valence-corrected chi connectivity index (χ0v) is 15.9. The largest absolute Gasteiger partial charge is 0.306 e. The second-order valence-corrected chi connectivity index (χ2v) is 8.44. The minimum absolute atomic E-state index is 0.0639. The number of anilines is 1. The third kappa shape index (κ3) is 2.74. The average molecular weight is 350 g/mol. The Bertz CT molecular complexity index is 810. The summed E-state index contributed by atoms with van der Waals surface area (Å²) >= 11 is 0. The van der Waals surface area contributed by atoms with Crippen LogP contribution in [0.25, 0.3) is 0 Å². The SMILES string of the molecule is Cc1ccc(N2C[C@@]3(C[C@H](c4ccccc4)N(C(C)(C)C)O3)C2=O)cc1. The summed E-state index contributed by atoms with van der Waals surface area (Å²) < 4.78 is 0. The lowest BCUT2D eigenvalue weighted by molar-refractivity contribution is -0.248. The number of amides is 1. The first-order valence-electron chi connectivity index (χ1n) is 9.22. The highest BCUT2D eigenvalue weighted by molar-refractivity contribution is 6.07. The number of hydrogen-bond acceptors (Lipinski definition) is 3. The van der Waals surface area contributed by atoms with Gasteiger partial charge in [0.15, 0.2) is 5.60 Å². The fraction of sp³-hybridized carbons (Fsp3) is 0.409. The summed E-state index contributed by atoms with van der Waals surface area (Å²) in [6.45, 7) is 9.04.